The Kier molecular flexibility index (Phi) is 4.74. The minimum absolute atomic E-state index is 0. The number of methoxy groups -OCH3 is 1. The van der Waals surface area contributed by atoms with Crippen LogP contribution in [0, 0.1) is 0 Å². The predicted molar refractivity (Wildman–Crippen MR) is 69.4 cm³/mol. The van der Waals surface area contributed by atoms with E-state index in [-0.39, 0.29) is 12.4 Å². The number of fused-ring (bicyclic) bond motifs is 1. The summed E-state index contributed by atoms with van der Waals surface area (Å²) in [7, 11) is 1.70. The zero-order valence-electron chi connectivity index (χ0n) is 8.68. The van der Waals surface area contributed by atoms with Crippen LogP contribution in [0.2, 0.25) is 0 Å². The van der Waals surface area contributed by atoms with E-state index in [0.717, 1.165) is 23.2 Å². The van der Waals surface area contributed by atoms with Gasteiger partial charge in [0.25, 0.3) is 0 Å². The van der Waals surface area contributed by atoms with Crippen LogP contribution < -0.4 is 10.1 Å². The van der Waals surface area contributed by atoms with Gasteiger partial charge in [0.2, 0.25) is 0 Å². The quantitative estimate of drug-likeness (QED) is 0.853. The number of hydrogen-bond donors (Lipinski definition) is 1. The van der Waals surface area contributed by atoms with E-state index in [1.54, 1.807) is 7.11 Å². The summed E-state index contributed by atoms with van der Waals surface area (Å²) in [6, 6.07) is 4.23. The van der Waals surface area contributed by atoms with Crippen LogP contribution in [-0.2, 0) is 6.42 Å². The standard InChI is InChI=1S/C11H14BrNO.ClH/c1-14-11-7-10-8(6-9(11)12)4-2-3-5-13-10;/h6-7,13H,2-5H2,1H3;1H. The molecule has 1 aliphatic heterocycles. The molecule has 1 N–H and O–H groups in total. The Morgan fingerprint density at radius 2 is 2.13 bits per heavy atom. The van der Waals surface area contributed by atoms with Gasteiger partial charge in [-0.3, -0.25) is 0 Å². The fourth-order valence-corrected chi connectivity index (χ4v) is 2.34. The van der Waals surface area contributed by atoms with Crippen molar-refractivity contribution in [3.05, 3.63) is 22.2 Å². The van der Waals surface area contributed by atoms with E-state index in [4.69, 9.17) is 4.74 Å². The summed E-state index contributed by atoms with van der Waals surface area (Å²) in [5, 5.41) is 3.43. The smallest absolute Gasteiger partial charge is 0.135 e. The van der Waals surface area contributed by atoms with E-state index >= 15 is 0 Å². The molecule has 0 amide bonds. The molecule has 1 aromatic carbocycles. The summed E-state index contributed by atoms with van der Waals surface area (Å²) < 4.78 is 6.31. The summed E-state index contributed by atoms with van der Waals surface area (Å²) in [5.41, 5.74) is 2.61. The second-order valence-corrected chi connectivity index (χ2v) is 4.38. The molecule has 15 heavy (non-hydrogen) atoms. The summed E-state index contributed by atoms with van der Waals surface area (Å²) >= 11 is 3.51. The van der Waals surface area contributed by atoms with Crippen molar-refractivity contribution in [2.24, 2.45) is 0 Å². The Balaban J connectivity index is 0.00000112. The number of rotatable bonds is 1. The highest BCUT2D eigenvalue weighted by Crippen LogP contribution is 2.33. The fraction of sp³-hybridized carbons (Fsp3) is 0.455. The number of anilines is 1. The van der Waals surface area contributed by atoms with Crippen LogP contribution in [0.4, 0.5) is 5.69 Å². The molecule has 1 aliphatic rings. The van der Waals surface area contributed by atoms with Gasteiger partial charge in [0.15, 0.2) is 0 Å². The first kappa shape index (κ1) is 12.7. The number of ether oxygens (including phenoxy) is 1. The Labute approximate surface area is 105 Å². The van der Waals surface area contributed by atoms with Gasteiger partial charge in [0, 0.05) is 18.3 Å². The van der Waals surface area contributed by atoms with Crippen molar-refractivity contribution in [2.75, 3.05) is 19.0 Å². The number of benzene rings is 1. The van der Waals surface area contributed by atoms with Crippen LogP contribution in [0.3, 0.4) is 0 Å². The summed E-state index contributed by atoms with van der Waals surface area (Å²) in [4.78, 5) is 0. The molecule has 0 saturated carbocycles. The highest BCUT2D eigenvalue weighted by atomic mass is 79.9. The molecule has 1 aromatic rings. The monoisotopic (exact) mass is 291 g/mol. The molecule has 2 rings (SSSR count). The maximum Gasteiger partial charge on any atom is 0.135 e. The maximum atomic E-state index is 5.26. The second-order valence-electron chi connectivity index (χ2n) is 3.53. The van der Waals surface area contributed by atoms with Gasteiger partial charge in [0.1, 0.15) is 5.75 Å². The van der Waals surface area contributed by atoms with Crippen molar-refractivity contribution in [3.8, 4) is 5.75 Å². The summed E-state index contributed by atoms with van der Waals surface area (Å²) in [5.74, 6) is 0.901. The third-order valence-electron chi connectivity index (χ3n) is 2.57. The van der Waals surface area contributed by atoms with Crippen molar-refractivity contribution < 1.29 is 4.74 Å². The molecule has 4 heteroatoms. The average molecular weight is 293 g/mol. The van der Waals surface area contributed by atoms with Gasteiger partial charge in [-0.2, -0.15) is 0 Å². The average Bonchev–Trinajstić information content (AvgIpc) is 2.41. The van der Waals surface area contributed by atoms with Gasteiger partial charge >= 0.3 is 0 Å². The molecule has 2 nitrogen and oxygen atoms in total. The van der Waals surface area contributed by atoms with Crippen LogP contribution in [-0.4, -0.2) is 13.7 Å². The maximum absolute atomic E-state index is 5.26. The molecule has 0 radical (unpaired) electrons. The van der Waals surface area contributed by atoms with E-state index in [1.807, 2.05) is 0 Å². The molecule has 0 bridgehead atoms. The lowest BCUT2D eigenvalue weighted by Gasteiger charge is -2.11. The minimum atomic E-state index is 0. The van der Waals surface area contributed by atoms with Crippen molar-refractivity contribution >= 4 is 34.0 Å². The van der Waals surface area contributed by atoms with Gasteiger partial charge in [-0.05, 0) is 46.8 Å². The minimum Gasteiger partial charge on any atom is -0.495 e. The number of nitrogens with one attached hydrogen (secondary N) is 1. The summed E-state index contributed by atoms with van der Waals surface area (Å²) in [6.07, 6.45) is 3.66. The normalized spacial score (nSPS) is 14.3. The topological polar surface area (TPSA) is 21.3 Å². The summed E-state index contributed by atoms with van der Waals surface area (Å²) in [6.45, 7) is 1.07. The van der Waals surface area contributed by atoms with Crippen molar-refractivity contribution in [1.82, 2.24) is 0 Å². The molecular weight excluding hydrogens is 277 g/mol. The van der Waals surface area contributed by atoms with Crippen LogP contribution >= 0.6 is 28.3 Å². The number of hydrogen-bond acceptors (Lipinski definition) is 2. The van der Waals surface area contributed by atoms with Crippen molar-refractivity contribution in [1.29, 1.82) is 0 Å². The molecule has 0 saturated heterocycles. The largest absolute Gasteiger partial charge is 0.495 e. The molecule has 0 spiro atoms. The first-order valence-electron chi connectivity index (χ1n) is 4.91. The van der Waals surface area contributed by atoms with E-state index in [2.05, 4.69) is 33.4 Å². The van der Waals surface area contributed by atoms with Crippen molar-refractivity contribution in [3.63, 3.8) is 0 Å². The van der Waals surface area contributed by atoms with E-state index in [0.29, 0.717) is 0 Å². The zero-order valence-corrected chi connectivity index (χ0v) is 11.1. The highest BCUT2D eigenvalue weighted by Gasteiger charge is 2.10. The highest BCUT2D eigenvalue weighted by molar-refractivity contribution is 9.10. The van der Waals surface area contributed by atoms with Crippen molar-refractivity contribution in [2.45, 2.75) is 19.3 Å². The molecule has 84 valence electrons. The number of aryl methyl sites for hydroxylation is 1. The Morgan fingerprint density at radius 1 is 1.33 bits per heavy atom. The molecule has 0 aromatic heterocycles. The van der Waals surface area contributed by atoms with E-state index in [9.17, 15) is 0 Å². The second kappa shape index (κ2) is 5.61. The van der Waals surface area contributed by atoms with Crippen LogP contribution in [0.5, 0.6) is 5.75 Å². The lowest BCUT2D eigenvalue weighted by molar-refractivity contribution is 0.412. The molecule has 0 atom stereocenters. The van der Waals surface area contributed by atoms with E-state index < -0.39 is 0 Å². The first-order valence-corrected chi connectivity index (χ1v) is 5.71. The van der Waals surface area contributed by atoms with Gasteiger partial charge < -0.3 is 10.1 Å². The van der Waals surface area contributed by atoms with Gasteiger partial charge in [-0.1, -0.05) is 0 Å². The Hall–Kier alpha value is -0.410. The first-order chi connectivity index (χ1) is 6.81. The Bertz CT molecular complexity index is 344. The van der Waals surface area contributed by atoms with Crippen LogP contribution in [0.15, 0.2) is 16.6 Å². The third kappa shape index (κ3) is 2.79. The van der Waals surface area contributed by atoms with E-state index in [1.165, 1.54) is 24.1 Å². The molecule has 0 unspecified atom stereocenters. The molecule has 0 aliphatic carbocycles. The fourth-order valence-electron chi connectivity index (χ4n) is 1.79. The van der Waals surface area contributed by atoms with Crippen LogP contribution in [0.25, 0.3) is 0 Å². The zero-order chi connectivity index (χ0) is 9.97. The van der Waals surface area contributed by atoms with Gasteiger partial charge in [-0.15, -0.1) is 12.4 Å². The molecular formula is C11H15BrClNO. The Morgan fingerprint density at radius 3 is 2.87 bits per heavy atom. The number of halogens is 2. The molecule has 0 fully saturated rings. The molecule has 1 heterocycles. The lowest BCUT2D eigenvalue weighted by atomic mass is 10.1. The lowest BCUT2D eigenvalue weighted by Crippen LogP contribution is -2.00. The van der Waals surface area contributed by atoms with Gasteiger partial charge in [-0.25, -0.2) is 0 Å². The van der Waals surface area contributed by atoms with Crippen LogP contribution in [0.1, 0.15) is 18.4 Å². The third-order valence-corrected chi connectivity index (χ3v) is 3.19. The van der Waals surface area contributed by atoms with Gasteiger partial charge in [0.05, 0.1) is 11.6 Å². The predicted octanol–water partition coefficient (Wildman–Crippen LogP) is 3.63. The SMILES string of the molecule is COc1cc2c(cc1Br)CCCCN2.Cl.